The van der Waals surface area contributed by atoms with Gasteiger partial charge in [0.25, 0.3) is 0 Å². The van der Waals surface area contributed by atoms with Gasteiger partial charge >= 0.3 is 0 Å². The molecule has 0 aromatic carbocycles. The summed E-state index contributed by atoms with van der Waals surface area (Å²) in [6, 6.07) is 1.14. The van der Waals surface area contributed by atoms with Crippen LogP contribution in [0.5, 0.6) is 0 Å². The average molecular weight is 291 g/mol. The number of hydrogen-bond acceptors (Lipinski definition) is 2. The normalized spacial score (nSPS) is 27.0. The van der Waals surface area contributed by atoms with E-state index >= 15 is 0 Å². The van der Waals surface area contributed by atoms with E-state index in [0.717, 1.165) is 18.8 Å². The van der Waals surface area contributed by atoms with Gasteiger partial charge in [-0.1, -0.05) is 34.1 Å². The SMILES string of the molecule is CCCc1nccn1C1CC(C(C)(C)CC)CCC1NC. The molecule has 1 aromatic rings. The van der Waals surface area contributed by atoms with Crippen LogP contribution in [-0.4, -0.2) is 22.6 Å². The summed E-state index contributed by atoms with van der Waals surface area (Å²) in [5, 5.41) is 3.55. The molecule has 21 heavy (non-hydrogen) atoms. The zero-order valence-electron chi connectivity index (χ0n) is 14.5. The Morgan fingerprint density at radius 1 is 1.33 bits per heavy atom. The zero-order valence-corrected chi connectivity index (χ0v) is 14.5. The minimum absolute atomic E-state index is 0.447. The molecule has 120 valence electrons. The van der Waals surface area contributed by atoms with Gasteiger partial charge in [-0.05, 0) is 44.1 Å². The number of aromatic nitrogens is 2. The van der Waals surface area contributed by atoms with E-state index in [9.17, 15) is 0 Å². The Hall–Kier alpha value is -0.830. The fourth-order valence-corrected chi connectivity index (χ4v) is 3.85. The van der Waals surface area contributed by atoms with E-state index in [2.05, 4.69) is 55.8 Å². The van der Waals surface area contributed by atoms with E-state index in [1.165, 1.54) is 31.5 Å². The number of nitrogens with zero attached hydrogens (tertiary/aromatic N) is 2. The lowest BCUT2D eigenvalue weighted by Gasteiger charge is -2.44. The fourth-order valence-electron chi connectivity index (χ4n) is 3.85. The van der Waals surface area contributed by atoms with Crippen molar-refractivity contribution in [2.24, 2.45) is 11.3 Å². The quantitative estimate of drug-likeness (QED) is 0.851. The summed E-state index contributed by atoms with van der Waals surface area (Å²) in [5.41, 5.74) is 0.447. The lowest BCUT2D eigenvalue weighted by molar-refractivity contribution is 0.102. The number of hydrogen-bond donors (Lipinski definition) is 1. The van der Waals surface area contributed by atoms with E-state index in [-0.39, 0.29) is 0 Å². The van der Waals surface area contributed by atoms with Crippen molar-refractivity contribution >= 4 is 0 Å². The first-order valence-electron chi connectivity index (χ1n) is 8.72. The highest BCUT2D eigenvalue weighted by Crippen LogP contribution is 2.44. The van der Waals surface area contributed by atoms with Crippen LogP contribution in [0.1, 0.15) is 71.7 Å². The lowest BCUT2D eigenvalue weighted by atomic mass is 9.67. The minimum Gasteiger partial charge on any atom is -0.330 e. The minimum atomic E-state index is 0.447. The van der Waals surface area contributed by atoms with Crippen molar-refractivity contribution in [3.63, 3.8) is 0 Å². The second kappa shape index (κ2) is 6.95. The van der Waals surface area contributed by atoms with E-state index in [1.54, 1.807) is 0 Å². The van der Waals surface area contributed by atoms with Crippen molar-refractivity contribution < 1.29 is 0 Å². The maximum absolute atomic E-state index is 4.59. The first-order valence-corrected chi connectivity index (χ1v) is 8.72. The van der Waals surface area contributed by atoms with Gasteiger partial charge < -0.3 is 9.88 Å². The van der Waals surface area contributed by atoms with E-state index < -0.39 is 0 Å². The molecule has 1 saturated carbocycles. The Labute approximate surface area is 130 Å². The lowest BCUT2D eigenvalue weighted by Crippen LogP contribution is -2.43. The molecule has 0 spiro atoms. The van der Waals surface area contributed by atoms with Crippen LogP contribution in [0, 0.1) is 11.3 Å². The molecule has 0 aliphatic heterocycles. The van der Waals surface area contributed by atoms with Gasteiger partial charge in [-0.3, -0.25) is 0 Å². The molecule has 3 nitrogen and oxygen atoms in total. The highest BCUT2D eigenvalue weighted by atomic mass is 15.1. The number of nitrogens with one attached hydrogen (secondary N) is 1. The molecule has 2 rings (SSSR count). The highest BCUT2D eigenvalue weighted by molar-refractivity contribution is 5.01. The van der Waals surface area contributed by atoms with Crippen molar-refractivity contribution in [3.05, 3.63) is 18.2 Å². The van der Waals surface area contributed by atoms with Gasteiger partial charge in [0.2, 0.25) is 0 Å². The number of imidazole rings is 1. The fraction of sp³-hybridized carbons (Fsp3) is 0.833. The van der Waals surface area contributed by atoms with Crippen molar-refractivity contribution in [1.29, 1.82) is 0 Å². The third-order valence-corrected chi connectivity index (χ3v) is 5.78. The maximum atomic E-state index is 4.59. The summed E-state index contributed by atoms with van der Waals surface area (Å²) < 4.78 is 2.46. The summed E-state index contributed by atoms with van der Waals surface area (Å²) >= 11 is 0. The molecule has 3 heteroatoms. The van der Waals surface area contributed by atoms with Gasteiger partial charge in [0.1, 0.15) is 5.82 Å². The average Bonchev–Trinajstić information content (AvgIpc) is 2.95. The molecule has 0 radical (unpaired) electrons. The predicted molar refractivity (Wildman–Crippen MR) is 89.5 cm³/mol. The standard InChI is InChI=1S/C18H33N3/c1-6-8-17-20-11-12-21(17)16-13-14(18(3,4)7-2)9-10-15(16)19-5/h11-12,14-16,19H,6-10,13H2,1-5H3. The van der Waals surface area contributed by atoms with Gasteiger partial charge in [-0.15, -0.1) is 0 Å². The van der Waals surface area contributed by atoms with Gasteiger partial charge in [-0.25, -0.2) is 4.98 Å². The molecule has 0 saturated heterocycles. The summed E-state index contributed by atoms with van der Waals surface area (Å²) in [5.74, 6) is 2.08. The Morgan fingerprint density at radius 3 is 2.71 bits per heavy atom. The molecule has 3 atom stereocenters. The van der Waals surface area contributed by atoms with Crippen LogP contribution in [0.2, 0.25) is 0 Å². The van der Waals surface area contributed by atoms with Gasteiger partial charge in [0.15, 0.2) is 0 Å². The summed E-state index contributed by atoms with van der Waals surface area (Å²) in [7, 11) is 2.11. The summed E-state index contributed by atoms with van der Waals surface area (Å²) in [6.45, 7) is 9.45. The third kappa shape index (κ3) is 3.50. The first-order chi connectivity index (χ1) is 10.0. The van der Waals surface area contributed by atoms with Crippen molar-refractivity contribution in [2.75, 3.05) is 7.05 Å². The molecule has 1 heterocycles. The van der Waals surface area contributed by atoms with Crippen molar-refractivity contribution in [3.8, 4) is 0 Å². The largest absolute Gasteiger partial charge is 0.330 e. The molecule has 1 fully saturated rings. The number of aryl methyl sites for hydroxylation is 1. The topological polar surface area (TPSA) is 29.9 Å². The Bertz CT molecular complexity index is 435. The molecule has 1 N–H and O–H groups in total. The van der Waals surface area contributed by atoms with Gasteiger partial charge in [0.05, 0.1) is 6.04 Å². The molecule has 0 amide bonds. The molecule has 0 bridgehead atoms. The molecule has 1 aliphatic carbocycles. The zero-order chi connectivity index (χ0) is 15.5. The predicted octanol–water partition coefficient (Wildman–Crippen LogP) is 4.20. The first kappa shape index (κ1) is 16.5. The van der Waals surface area contributed by atoms with Gasteiger partial charge in [-0.2, -0.15) is 0 Å². The van der Waals surface area contributed by atoms with Crippen LogP contribution >= 0.6 is 0 Å². The number of likely N-dealkylation sites (N-methyl/N-ethyl adjacent to an activating group) is 1. The third-order valence-electron chi connectivity index (χ3n) is 5.78. The number of rotatable bonds is 6. The van der Waals surface area contributed by atoms with Gasteiger partial charge in [0, 0.05) is 24.9 Å². The van der Waals surface area contributed by atoms with Crippen LogP contribution in [-0.2, 0) is 6.42 Å². The highest BCUT2D eigenvalue weighted by Gasteiger charge is 2.37. The van der Waals surface area contributed by atoms with Crippen LogP contribution in [0.4, 0.5) is 0 Å². The monoisotopic (exact) mass is 291 g/mol. The van der Waals surface area contributed by atoms with Crippen LogP contribution in [0.3, 0.4) is 0 Å². The Balaban J connectivity index is 2.22. The van der Waals surface area contributed by atoms with E-state index in [0.29, 0.717) is 17.5 Å². The Kier molecular flexibility index (Phi) is 5.48. The molecular weight excluding hydrogens is 258 g/mol. The van der Waals surface area contributed by atoms with E-state index in [1.807, 2.05) is 6.20 Å². The van der Waals surface area contributed by atoms with E-state index in [4.69, 9.17) is 0 Å². The maximum Gasteiger partial charge on any atom is 0.108 e. The van der Waals surface area contributed by atoms with Crippen LogP contribution in [0.25, 0.3) is 0 Å². The Morgan fingerprint density at radius 2 is 2.10 bits per heavy atom. The summed E-state index contributed by atoms with van der Waals surface area (Å²) in [4.78, 5) is 4.59. The summed E-state index contributed by atoms with van der Waals surface area (Å²) in [6.07, 6.45) is 11.6. The van der Waals surface area contributed by atoms with Crippen molar-refractivity contribution in [1.82, 2.24) is 14.9 Å². The van der Waals surface area contributed by atoms with Crippen LogP contribution < -0.4 is 5.32 Å². The van der Waals surface area contributed by atoms with Crippen LogP contribution in [0.15, 0.2) is 12.4 Å². The molecular formula is C18H33N3. The molecule has 3 unspecified atom stereocenters. The molecule has 1 aliphatic rings. The van der Waals surface area contributed by atoms with Crippen molar-refractivity contribution in [2.45, 2.75) is 78.3 Å². The second-order valence-electron chi connectivity index (χ2n) is 7.32. The second-order valence-corrected chi connectivity index (χ2v) is 7.32. The molecule has 1 aromatic heterocycles. The smallest absolute Gasteiger partial charge is 0.108 e.